The quantitative estimate of drug-likeness (QED) is 0.590. The van der Waals surface area contributed by atoms with E-state index in [0.29, 0.717) is 22.1 Å². The Labute approximate surface area is 167 Å². The van der Waals surface area contributed by atoms with E-state index in [0.717, 1.165) is 36.4 Å². The summed E-state index contributed by atoms with van der Waals surface area (Å²) in [6.45, 7) is 1.69. The summed E-state index contributed by atoms with van der Waals surface area (Å²) >= 11 is 1.27. The van der Waals surface area contributed by atoms with E-state index >= 15 is 0 Å². The normalized spacial score (nSPS) is 16.3. The van der Waals surface area contributed by atoms with E-state index in [2.05, 4.69) is 16.0 Å². The van der Waals surface area contributed by atoms with Gasteiger partial charge >= 0.3 is 6.03 Å². The van der Waals surface area contributed by atoms with Crippen LogP contribution in [0.2, 0.25) is 0 Å². The zero-order valence-corrected chi connectivity index (χ0v) is 16.7. The van der Waals surface area contributed by atoms with Gasteiger partial charge in [0.25, 0.3) is 5.91 Å². The first kappa shape index (κ1) is 20.0. The van der Waals surface area contributed by atoms with E-state index in [9.17, 15) is 9.59 Å². The summed E-state index contributed by atoms with van der Waals surface area (Å²) in [6.07, 6.45) is 1.93. The van der Waals surface area contributed by atoms with Crippen molar-refractivity contribution in [2.45, 2.75) is 18.9 Å². The molecule has 8 nitrogen and oxygen atoms in total. The van der Waals surface area contributed by atoms with Crippen LogP contribution in [0.15, 0.2) is 24.3 Å². The number of urea groups is 1. The number of anilines is 1. The number of carbonyl (C=O) groups is 2. The van der Waals surface area contributed by atoms with Gasteiger partial charge in [0, 0.05) is 29.1 Å². The summed E-state index contributed by atoms with van der Waals surface area (Å²) in [6, 6.07) is 6.50. The van der Waals surface area contributed by atoms with Crippen LogP contribution < -0.4 is 31.2 Å². The van der Waals surface area contributed by atoms with Gasteiger partial charge < -0.3 is 31.2 Å². The number of carbonyl (C=O) groups excluding carboxylic acids is 2. The van der Waals surface area contributed by atoms with E-state index in [-0.39, 0.29) is 11.9 Å². The molecule has 1 aromatic carbocycles. The lowest BCUT2D eigenvalue weighted by molar-refractivity contribution is 0.0935. The molecule has 1 fully saturated rings. The van der Waals surface area contributed by atoms with Gasteiger partial charge in [-0.05, 0) is 37.6 Å². The predicted molar refractivity (Wildman–Crippen MR) is 109 cm³/mol. The Morgan fingerprint density at radius 2 is 2.07 bits per heavy atom. The second-order valence-corrected chi connectivity index (χ2v) is 7.48. The molecule has 1 saturated heterocycles. The van der Waals surface area contributed by atoms with Crippen LogP contribution in [0.3, 0.4) is 0 Å². The van der Waals surface area contributed by atoms with Crippen LogP contribution in [0.25, 0.3) is 10.4 Å². The van der Waals surface area contributed by atoms with E-state index in [4.69, 9.17) is 15.2 Å². The van der Waals surface area contributed by atoms with Crippen molar-refractivity contribution >= 4 is 29.0 Å². The standard InChI is InChI=1S/C19H24N4O4S/c1-26-12-5-6-13(15(8-12)27-2)16-9-14(23-19(20)25)17(28-16)18(24)22-11-4-3-7-21-10-11/h5-6,8-9,11,21H,3-4,7,10H2,1-2H3,(H,22,24)(H3,20,23,25)/t11-/m0/s1. The maximum absolute atomic E-state index is 12.8. The van der Waals surface area contributed by atoms with E-state index in [1.165, 1.54) is 11.3 Å². The Morgan fingerprint density at radius 3 is 2.71 bits per heavy atom. The van der Waals surface area contributed by atoms with E-state index in [1.807, 2.05) is 12.1 Å². The zero-order chi connectivity index (χ0) is 20.1. The maximum atomic E-state index is 12.8. The summed E-state index contributed by atoms with van der Waals surface area (Å²) in [4.78, 5) is 25.4. The number of primary amides is 1. The molecule has 1 aliphatic heterocycles. The second-order valence-electron chi connectivity index (χ2n) is 6.43. The molecule has 9 heteroatoms. The number of methoxy groups -OCH3 is 2. The van der Waals surface area contributed by atoms with Crippen molar-refractivity contribution in [3.8, 4) is 21.9 Å². The van der Waals surface area contributed by atoms with E-state index in [1.54, 1.807) is 26.4 Å². The molecule has 1 atom stereocenters. The molecule has 28 heavy (non-hydrogen) atoms. The molecule has 0 unspecified atom stereocenters. The van der Waals surface area contributed by atoms with Gasteiger partial charge in [-0.15, -0.1) is 11.3 Å². The van der Waals surface area contributed by atoms with Gasteiger partial charge in [0.05, 0.1) is 19.9 Å². The molecule has 1 aliphatic rings. The number of hydrogen-bond donors (Lipinski definition) is 4. The largest absolute Gasteiger partial charge is 0.497 e. The van der Waals surface area contributed by atoms with Gasteiger partial charge in [-0.2, -0.15) is 0 Å². The first-order chi connectivity index (χ1) is 13.5. The average molecular weight is 404 g/mol. The van der Waals surface area contributed by atoms with Crippen LogP contribution in [0.1, 0.15) is 22.5 Å². The van der Waals surface area contributed by atoms with Gasteiger partial charge in [-0.3, -0.25) is 4.79 Å². The van der Waals surface area contributed by atoms with Crippen LogP contribution in [0.5, 0.6) is 11.5 Å². The summed E-state index contributed by atoms with van der Waals surface area (Å²) in [5.74, 6) is 1.03. The molecule has 0 bridgehead atoms. The molecule has 1 aromatic heterocycles. The first-order valence-corrected chi connectivity index (χ1v) is 9.77. The van der Waals surface area contributed by atoms with Crippen LogP contribution in [-0.2, 0) is 0 Å². The lowest BCUT2D eigenvalue weighted by Crippen LogP contribution is -2.45. The molecule has 0 saturated carbocycles. The Kier molecular flexibility index (Phi) is 6.37. The number of nitrogens with one attached hydrogen (secondary N) is 3. The van der Waals surface area contributed by atoms with Crippen LogP contribution in [-0.4, -0.2) is 45.3 Å². The lowest BCUT2D eigenvalue weighted by Gasteiger charge is -2.23. The number of nitrogens with two attached hydrogens (primary N) is 1. The van der Waals surface area contributed by atoms with E-state index < -0.39 is 6.03 Å². The molecule has 0 aliphatic carbocycles. The van der Waals surface area contributed by atoms with Crippen molar-refractivity contribution < 1.29 is 19.1 Å². The Bertz CT molecular complexity index is 862. The highest BCUT2D eigenvalue weighted by molar-refractivity contribution is 7.18. The van der Waals surface area contributed by atoms with Gasteiger partial charge in [0.15, 0.2) is 0 Å². The van der Waals surface area contributed by atoms with Crippen LogP contribution in [0.4, 0.5) is 10.5 Å². The minimum atomic E-state index is -0.723. The van der Waals surface area contributed by atoms with Crippen molar-refractivity contribution in [2.75, 3.05) is 32.6 Å². The van der Waals surface area contributed by atoms with Gasteiger partial charge in [0.2, 0.25) is 0 Å². The molecule has 3 rings (SSSR count). The fourth-order valence-corrected chi connectivity index (χ4v) is 4.19. The summed E-state index contributed by atoms with van der Waals surface area (Å²) < 4.78 is 10.7. The molecule has 5 N–H and O–H groups in total. The van der Waals surface area contributed by atoms with Crippen LogP contribution >= 0.6 is 11.3 Å². The fourth-order valence-electron chi connectivity index (χ4n) is 3.15. The minimum Gasteiger partial charge on any atom is -0.497 e. The van der Waals surface area contributed by atoms with Gasteiger partial charge in [0.1, 0.15) is 16.4 Å². The number of rotatable bonds is 6. The van der Waals surface area contributed by atoms with Gasteiger partial charge in [-0.25, -0.2) is 4.79 Å². The molecule has 2 heterocycles. The highest BCUT2D eigenvalue weighted by Gasteiger charge is 2.23. The first-order valence-electron chi connectivity index (χ1n) is 8.96. The van der Waals surface area contributed by atoms with Crippen molar-refractivity contribution in [3.05, 3.63) is 29.1 Å². The van der Waals surface area contributed by atoms with Gasteiger partial charge in [-0.1, -0.05) is 0 Å². The zero-order valence-electron chi connectivity index (χ0n) is 15.8. The number of thiophene rings is 1. The van der Waals surface area contributed by atoms with Crippen LogP contribution in [0, 0.1) is 0 Å². The predicted octanol–water partition coefficient (Wildman–Crippen LogP) is 2.40. The number of benzene rings is 1. The molecular weight excluding hydrogens is 380 g/mol. The number of piperidine rings is 1. The third kappa shape index (κ3) is 4.55. The van der Waals surface area contributed by atoms with Crippen molar-refractivity contribution in [1.29, 1.82) is 0 Å². The highest BCUT2D eigenvalue weighted by atomic mass is 32.1. The monoisotopic (exact) mass is 404 g/mol. The highest BCUT2D eigenvalue weighted by Crippen LogP contribution is 2.40. The smallest absolute Gasteiger partial charge is 0.316 e. The Balaban J connectivity index is 1.93. The number of amides is 3. The Morgan fingerprint density at radius 1 is 1.25 bits per heavy atom. The maximum Gasteiger partial charge on any atom is 0.316 e. The number of hydrogen-bond acceptors (Lipinski definition) is 6. The third-order valence-corrected chi connectivity index (χ3v) is 5.67. The molecule has 0 radical (unpaired) electrons. The van der Waals surface area contributed by atoms with Crippen molar-refractivity contribution in [1.82, 2.24) is 10.6 Å². The SMILES string of the molecule is COc1ccc(-c2cc(NC(N)=O)c(C(=O)N[C@H]3CCCNC3)s2)c(OC)c1. The van der Waals surface area contributed by atoms with Crippen molar-refractivity contribution in [2.24, 2.45) is 5.73 Å². The average Bonchev–Trinajstić information content (AvgIpc) is 3.11. The summed E-state index contributed by atoms with van der Waals surface area (Å²) in [7, 11) is 3.15. The summed E-state index contributed by atoms with van der Waals surface area (Å²) in [5, 5.41) is 8.84. The lowest BCUT2D eigenvalue weighted by atomic mass is 10.1. The minimum absolute atomic E-state index is 0.0590. The van der Waals surface area contributed by atoms with Crippen molar-refractivity contribution in [3.63, 3.8) is 0 Å². The molecular formula is C19H24N4O4S. The molecule has 150 valence electrons. The molecule has 3 amide bonds. The third-order valence-electron chi connectivity index (χ3n) is 4.50. The number of ether oxygens (including phenoxy) is 2. The topological polar surface area (TPSA) is 115 Å². The summed E-state index contributed by atoms with van der Waals surface area (Å²) in [5.41, 5.74) is 6.46. The second kappa shape index (κ2) is 8.94. The Hall–Kier alpha value is -2.78. The fraction of sp³-hybridized carbons (Fsp3) is 0.368. The molecule has 0 spiro atoms. The molecule has 2 aromatic rings.